The summed E-state index contributed by atoms with van der Waals surface area (Å²) >= 11 is 4.15. The summed E-state index contributed by atoms with van der Waals surface area (Å²) < 4.78 is 9.92. The van der Waals surface area contributed by atoms with E-state index in [0.29, 0.717) is 19.8 Å². The maximum atomic E-state index is 11.3. The molecule has 0 aromatic heterocycles. The highest BCUT2D eigenvalue weighted by atomic mass is 32.1. The Hall–Kier alpha value is -1.85. The predicted octanol–water partition coefficient (Wildman–Crippen LogP) is 0.999. The Balaban J connectivity index is 0.000000481. The molecule has 1 aliphatic rings. The van der Waals surface area contributed by atoms with Crippen LogP contribution in [0.15, 0.2) is 29.2 Å². The summed E-state index contributed by atoms with van der Waals surface area (Å²) in [5.41, 5.74) is 5.21. The van der Waals surface area contributed by atoms with E-state index in [1.165, 1.54) is 6.92 Å². The number of primary amides is 1. The number of ether oxygens (including phenoxy) is 2. The normalized spacial score (nSPS) is 20.3. The van der Waals surface area contributed by atoms with Crippen LogP contribution in [0.1, 0.15) is 20.3 Å². The van der Waals surface area contributed by atoms with E-state index >= 15 is 0 Å². The van der Waals surface area contributed by atoms with Crippen LogP contribution in [-0.2, 0) is 14.3 Å². The van der Waals surface area contributed by atoms with Gasteiger partial charge in [-0.25, -0.2) is 4.79 Å². The topological polar surface area (TPSA) is 143 Å². The zero-order valence-electron chi connectivity index (χ0n) is 17.1. The van der Waals surface area contributed by atoms with Gasteiger partial charge in [0, 0.05) is 37.8 Å². The molecule has 29 heavy (non-hydrogen) atoms. The van der Waals surface area contributed by atoms with Gasteiger partial charge in [0.25, 0.3) is 0 Å². The zero-order valence-corrected chi connectivity index (χ0v) is 18.0. The van der Waals surface area contributed by atoms with Crippen LogP contribution in [0.2, 0.25) is 0 Å². The van der Waals surface area contributed by atoms with Crippen LogP contribution in [0.5, 0.6) is 0 Å². The lowest BCUT2D eigenvalue weighted by Gasteiger charge is -2.31. The molecule has 3 amide bonds. The molecule has 1 aromatic carbocycles. The smallest absolute Gasteiger partial charge is 0.319 e. The number of amides is 3. The minimum absolute atomic E-state index is 0.0779. The number of carbonyl (C=O) groups is 2. The number of nitrogens with two attached hydrogens (primary N) is 1. The second-order valence-electron chi connectivity index (χ2n) is 6.38. The van der Waals surface area contributed by atoms with Crippen molar-refractivity contribution in [3.05, 3.63) is 24.3 Å². The molecule has 3 unspecified atom stereocenters. The summed E-state index contributed by atoms with van der Waals surface area (Å²) in [5, 5.41) is 23.4. The van der Waals surface area contributed by atoms with Crippen molar-refractivity contribution in [2.24, 2.45) is 11.7 Å². The van der Waals surface area contributed by atoms with Gasteiger partial charge in [-0.15, -0.1) is 12.6 Å². The predicted molar refractivity (Wildman–Crippen MR) is 114 cm³/mol. The Morgan fingerprint density at radius 1 is 1.34 bits per heavy atom. The molecule has 0 aliphatic carbocycles. The number of hydrogen-bond acceptors (Lipinski definition) is 7. The Morgan fingerprint density at radius 3 is 2.41 bits per heavy atom. The van der Waals surface area contributed by atoms with Gasteiger partial charge in [-0.3, -0.25) is 4.79 Å². The second-order valence-corrected chi connectivity index (χ2v) is 6.90. The average molecular weight is 432 g/mol. The number of hydrogen-bond donors (Lipinski definition) is 6. The van der Waals surface area contributed by atoms with E-state index in [0.717, 1.165) is 17.0 Å². The number of aliphatic hydroxyl groups is 2. The summed E-state index contributed by atoms with van der Waals surface area (Å²) in [7, 11) is 1.59. The van der Waals surface area contributed by atoms with Gasteiger partial charge < -0.3 is 36.1 Å². The number of benzene rings is 1. The lowest BCUT2D eigenvalue weighted by atomic mass is 9.95. The van der Waals surface area contributed by atoms with Gasteiger partial charge in [-0.1, -0.05) is 6.92 Å². The molecule has 1 aromatic rings. The first kappa shape index (κ1) is 27.2. The van der Waals surface area contributed by atoms with Crippen molar-refractivity contribution in [2.75, 3.05) is 38.8 Å². The fourth-order valence-corrected chi connectivity index (χ4v) is 2.34. The Kier molecular flexibility index (Phi) is 15.0. The Morgan fingerprint density at radius 2 is 1.93 bits per heavy atom. The van der Waals surface area contributed by atoms with E-state index < -0.39 is 6.10 Å². The molecule has 0 bridgehead atoms. The van der Waals surface area contributed by atoms with Crippen molar-refractivity contribution in [2.45, 2.75) is 37.4 Å². The number of nitrogens with one attached hydrogen (secondary N) is 2. The first-order valence-corrected chi connectivity index (χ1v) is 9.65. The average Bonchev–Trinajstić information content (AvgIpc) is 2.66. The van der Waals surface area contributed by atoms with Crippen molar-refractivity contribution >= 4 is 30.3 Å². The minimum atomic E-state index is -0.487. The van der Waals surface area contributed by atoms with Crippen LogP contribution >= 0.6 is 12.6 Å². The molecular formula is C19H33N3O6S. The first-order valence-electron chi connectivity index (χ1n) is 9.20. The molecule has 2 rings (SSSR count). The minimum Gasteiger partial charge on any atom is -0.394 e. The number of aliphatic hydroxyl groups excluding tert-OH is 2. The summed E-state index contributed by atoms with van der Waals surface area (Å²) in [6.07, 6.45) is 0.0417. The summed E-state index contributed by atoms with van der Waals surface area (Å²) in [6, 6.07) is 6.97. The highest BCUT2D eigenvalue weighted by Crippen LogP contribution is 2.19. The number of thiol groups is 1. The van der Waals surface area contributed by atoms with Gasteiger partial charge in [0.1, 0.15) is 6.10 Å². The lowest BCUT2D eigenvalue weighted by molar-refractivity contribution is -0.118. The third kappa shape index (κ3) is 13.9. The number of rotatable bonds is 5. The SMILES string of the molecule is CC(N)=O.CC1CCOC(CO)C1O.COCCNC(=O)Nc1ccc(S)cc1. The molecule has 1 fully saturated rings. The van der Waals surface area contributed by atoms with Crippen LogP contribution in [0.25, 0.3) is 0 Å². The van der Waals surface area contributed by atoms with Crippen LogP contribution in [0, 0.1) is 5.92 Å². The van der Waals surface area contributed by atoms with Crippen LogP contribution in [0.3, 0.4) is 0 Å². The molecule has 1 saturated heterocycles. The maximum Gasteiger partial charge on any atom is 0.319 e. The third-order valence-corrected chi connectivity index (χ3v) is 4.06. The van der Waals surface area contributed by atoms with E-state index in [9.17, 15) is 14.7 Å². The quantitative estimate of drug-likeness (QED) is 0.303. The largest absolute Gasteiger partial charge is 0.394 e. The summed E-state index contributed by atoms with van der Waals surface area (Å²) in [6.45, 7) is 4.85. The Labute approximate surface area is 177 Å². The fourth-order valence-electron chi connectivity index (χ4n) is 2.19. The van der Waals surface area contributed by atoms with Gasteiger partial charge in [0.15, 0.2) is 0 Å². The summed E-state index contributed by atoms with van der Waals surface area (Å²) in [5.74, 6) is -0.0779. The summed E-state index contributed by atoms with van der Waals surface area (Å²) in [4.78, 5) is 21.4. The van der Waals surface area contributed by atoms with Crippen LogP contribution < -0.4 is 16.4 Å². The van der Waals surface area contributed by atoms with Crippen molar-refractivity contribution in [3.8, 4) is 0 Å². The number of urea groups is 1. The first-order chi connectivity index (χ1) is 13.7. The van der Waals surface area contributed by atoms with E-state index in [1.54, 1.807) is 19.2 Å². The highest BCUT2D eigenvalue weighted by molar-refractivity contribution is 7.80. The fraction of sp³-hybridized carbons (Fsp3) is 0.579. The van der Waals surface area contributed by atoms with Crippen LogP contribution in [-0.4, -0.2) is 67.8 Å². The standard InChI is InChI=1S/C10H14N2O2S.C7H14O3.C2H5NO/c1-14-7-6-11-10(13)12-8-2-4-9(15)5-3-8;1-5-2-3-10-6(4-8)7(5)9;1-2(3)4/h2-5,15H,6-7H2,1H3,(H2,11,12,13);5-9H,2-4H2,1H3;1H3,(H2,3,4). The van der Waals surface area contributed by atoms with Gasteiger partial charge >= 0.3 is 6.03 Å². The lowest BCUT2D eigenvalue weighted by Crippen LogP contribution is -2.41. The van der Waals surface area contributed by atoms with Gasteiger partial charge in [-0.05, 0) is 36.6 Å². The number of anilines is 1. The molecule has 3 atom stereocenters. The second kappa shape index (κ2) is 16.0. The van der Waals surface area contributed by atoms with Crippen molar-refractivity contribution in [3.63, 3.8) is 0 Å². The molecule has 0 spiro atoms. The Bertz CT molecular complexity index is 584. The monoisotopic (exact) mass is 431 g/mol. The molecule has 6 N–H and O–H groups in total. The maximum absolute atomic E-state index is 11.3. The molecule has 1 aliphatic heterocycles. The van der Waals surface area contributed by atoms with Gasteiger partial charge in [-0.2, -0.15) is 0 Å². The highest BCUT2D eigenvalue weighted by Gasteiger charge is 2.28. The molecule has 0 radical (unpaired) electrons. The molecule has 10 heteroatoms. The third-order valence-electron chi connectivity index (χ3n) is 3.77. The zero-order chi connectivity index (χ0) is 22.2. The van der Waals surface area contributed by atoms with Crippen LogP contribution in [0.4, 0.5) is 10.5 Å². The van der Waals surface area contributed by atoms with Gasteiger partial charge in [0.2, 0.25) is 5.91 Å². The van der Waals surface area contributed by atoms with Crippen molar-refractivity contribution in [1.82, 2.24) is 5.32 Å². The van der Waals surface area contributed by atoms with Crippen molar-refractivity contribution < 1.29 is 29.3 Å². The van der Waals surface area contributed by atoms with Crippen molar-refractivity contribution in [1.29, 1.82) is 0 Å². The van der Waals surface area contributed by atoms with E-state index in [4.69, 9.17) is 14.6 Å². The number of methoxy groups -OCH3 is 1. The molecule has 9 nitrogen and oxygen atoms in total. The molecule has 1 heterocycles. The number of carbonyl (C=O) groups excluding carboxylic acids is 2. The molecule has 166 valence electrons. The van der Waals surface area contributed by atoms with E-state index in [2.05, 4.69) is 29.0 Å². The van der Waals surface area contributed by atoms with E-state index in [1.807, 2.05) is 19.1 Å². The van der Waals surface area contributed by atoms with Gasteiger partial charge in [0.05, 0.1) is 19.3 Å². The molecular weight excluding hydrogens is 398 g/mol. The van der Waals surface area contributed by atoms with E-state index in [-0.39, 0.29) is 30.6 Å². The molecule has 0 saturated carbocycles.